The van der Waals surface area contributed by atoms with Gasteiger partial charge in [-0.1, -0.05) is 0 Å². The lowest BCUT2D eigenvalue weighted by molar-refractivity contribution is -0.170. The normalized spacial score (nSPS) is 39.0. The Bertz CT molecular complexity index is 87.1. The third kappa shape index (κ3) is 1.41. The summed E-state index contributed by atoms with van der Waals surface area (Å²) >= 11 is 0. The number of hydrogen-bond acceptors (Lipinski definition) is 3. The van der Waals surface area contributed by atoms with Gasteiger partial charge in [0.1, 0.15) is 0 Å². The fourth-order valence-corrected chi connectivity index (χ4v) is 1.21. The first-order chi connectivity index (χ1) is 4.22. The summed E-state index contributed by atoms with van der Waals surface area (Å²) in [6.07, 6.45) is 2.98. The van der Waals surface area contributed by atoms with Crippen molar-refractivity contribution in [2.45, 2.75) is 38.4 Å². The highest BCUT2D eigenvalue weighted by Crippen LogP contribution is 2.16. The van der Waals surface area contributed by atoms with Gasteiger partial charge >= 0.3 is 0 Å². The molecule has 0 aromatic carbocycles. The molecule has 3 heteroatoms. The van der Waals surface area contributed by atoms with Gasteiger partial charge in [-0.3, -0.25) is 0 Å². The van der Waals surface area contributed by atoms with Crippen molar-refractivity contribution < 1.29 is 5.21 Å². The molecule has 0 aromatic rings. The minimum atomic E-state index is -0.131. The number of nitrogens with two attached hydrogens (primary N) is 1. The fraction of sp³-hybridized carbons (Fsp3) is 1.00. The van der Waals surface area contributed by atoms with E-state index in [4.69, 9.17) is 10.9 Å². The van der Waals surface area contributed by atoms with E-state index in [0.29, 0.717) is 0 Å². The molecule has 54 valence electrons. The predicted octanol–water partition coefficient (Wildman–Crippen LogP) is 0.535. The third-order valence-electron chi connectivity index (χ3n) is 1.91. The highest BCUT2D eigenvalue weighted by atomic mass is 16.5. The van der Waals surface area contributed by atoms with Crippen molar-refractivity contribution in [3.8, 4) is 0 Å². The van der Waals surface area contributed by atoms with E-state index in [1.54, 1.807) is 0 Å². The number of hydrogen-bond donors (Lipinski definition) is 2. The molecule has 2 atom stereocenters. The standard InChI is InChI=1S/C6H14N2O/c1-5-3-2-4-6(7)8(5)9/h5-6,9H,2-4,7H2,1H3. The zero-order valence-electron chi connectivity index (χ0n) is 5.75. The molecule has 0 aromatic heterocycles. The quantitative estimate of drug-likeness (QED) is 0.503. The first-order valence-corrected chi connectivity index (χ1v) is 3.44. The summed E-state index contributed by atoms with van der Waals surface area (Å²) in [7, 11) is 0. The van der Waals surface area contributed by atoms with E-state index in [-0.39, 0.29) is 12.2 Å². The van der Waals surface area contributed by atoms with E-state index in [0.717, 1.165) is 19.3 Å². The molecule has 1 fully saturated rings. The van der Waals surface area contributed by atoms with E-state index in [2.05, 4.69) is 0 Å². The molecule has 2 unspecified atom stereocenters. The van der Waals surface area contributed by atoms with Crippen molar-refractivity contribution in [1.82, 2.24) is 5.06 Å². The Morgan fingerprint density at radius 2 is 2.22 bits per heavy atom. The van der Waals surface area contributed by atoms with Crippen molar-refractivity contribution in [2.24, 2.45) is 5.73 Å². The van der Waals surface area contributed by atoms with Crippen LogP contribution in [0.4, 0.5) is 0 Å². The maximum atomic E-state index is 9.15. The number of piperidine rings is 1. The lowest BCUT2D eigenvalue weighted by Crippen LogP contribution is -2.47. The Labute approximate surface area is 55.4 Å². The monoisotopic (exact) mass is 130 g/mol. The smallest absolute Gasteiger partial charge is 0.0818 e. The van der Waals surface area contributed by atoms with Crippen molar-refractivity contribution in [3.05, 3.63) is 0 Å². The average molecular weight is 130 g/mol. The van der Waals surface area contributed by atoms with Crippen LogP contribution in [0.1, 0.15) is 26.2 Å². The van der Waals surface area contributed by atoms with Gasteiger partial charge in [0.05, 0.1) is 6.17 Å². The zero-order chi connectivity index (χ0) is 6.85. The lowest BCUT2D eigenvalue weighted by atomic mass is 10.0. The summed E-state index contributed by atoms with van der Waals surface area (Å²) < 4.78 is 0. The molecule has 3 nitrogen and oxygen atoms in total. The van der Waals surface area contributed by atoms with Crippen LogP contribution in [0.3, 0.4) is 0 Å². The van der Waals surface area contributed by atoms with Gasteiger partial charge in [-0.25, -0.2) is 0 Å². The maximum absolute atomic E-state index is 9.15. The van der Waals surface area contributed by atoms with Crippen LogP contribution in [0.5, 0.6) is 0 Å². The highest BCUT2D eigenvalue weighted by Gasteiger charge is 2.22. The molecule has 1 aliphatic heterocycles. The van der Waals surface area contributed by atoms with Gasteiger partial charge in [-0.05, 0) is 26.2 Å². The zero-order valence-corrected chi connectivity index (χ0v) is 5.75. The maximum Gasteiger partial charge on any atom is 0.0818 e. The Morgan fingerprint density at radius 3 is 2.67 bits per heavy atom. The molecule has 1 heterocycles. The summed E-state index contributed by atoms with van der Waals surface area (Å²) in [6, 6.07) is 0.244. The van der Waals surface area contributed by atoms with Crippen LogP contribution in [0, 0.1) is 0 Å². The summed E-state index contributed by atoms with van der Waals surface area (Å²) in [4.78, 5) is 0. The molecule has 0 saturated carbocycles. The van der Waals surface area contributed by atoms with E-state index in [1.165, 1.54) is 5.06 Å². The first kappa shape index (κ1) is 6.99. The van der Waals surface area contributed by atoms with Gasteiger partial charge < -0.3 is 10.9 Å². The summed E-state index contributed by atoms with van der Waals surface area (Å²) in [5.74, 6) is 0. The Kier molecular flexibility index (Phi) is 2.05. The van der Waals surface area contributed by atoms with Gasteiger partial charge in [0, 0.05) is 6.04 Å². The predicted molar refractivity (Wildman–Crippen MR) is 34.9 cm³/mol. The summed E-state index contributed by atoms with van der Waals surface area (Å²) in [5, 5.41) is 10.4. The molecule has 0 amide bonds. The molecule has 1 rings (SSSR count). The molecule has 0 aliphatic carbocycles. The van der Waals surface area contributed by atoms with Gasteiger partial charge in [0.2, 0.25) is 0 Å². The molecular formula is C6H14N2O. The van der Waals surface area contributed by atoms with Crippen molar-refractivity contribution in [2.75, 3.05) is 0 Å². The molecule has 0 bridgehead atoms. The minimum Gasteiger partial charge on any atom is -0.314 e. The average Bonchev–Trinajstić information content (AvgIpc) is 1.83. The molecular weight excluding hydrogens is 116 g/mol. The number of hydroxylamine groups is 2. The van der Waals surface area contributed by atoms with Crippen LogP contribution in [0.2, 0.25) is 0 Å². The van der Waals surface area contributed by atoms with Gasteiger partial charge in [-0.15, -0.1) is 0 Å². The highest BCUT2D eigenvalue weighted by molar-refractivity contribution is 4.71. The SMILES string of the molecule is CC1CCCC(N)N1O. The van der Waals surface area contributed by atoms with Crippen LogP contribution in [-0.2, 0) is 0 Å². The Morgan fingerprint density at radius 1 is 1.56 bits per heavy atom. The Hall–Kier alpha value is -0.120. The van der Waals surface area contributed by atoms with Crippen LogP contribution >= 0.6 is 0 Å². The second kappa shape index (κ2) is 2.64. The molecule has 9 heavy (non-hydrogen) atoms. The summed E-state index contributed by atoms with van der Waals surface area (Å²) in [6.45, 7) is 1.99. The molecule has 0 spiro atoms. The number of nitrogens with zero attached hydrogens (tertiary/aromatic N) is 1. The fourth-order valence-electron chi connectivity index (χ4n) is 1.21. The molecule has 1 saturated heterocycles. The van der Waals surface area contributed by atoms with Crippen molar-refractivity contribution in [3.63, 3.8) is 0 Å². The molecule has 0 radical (unpaired) electrons. The largest absolute Gasteiger partial charge is 0.314 e. The van der Waals surface area contributed by atoms with Crippen molar-refractivity contribution >= 4 is 0 Å². The van der Waals surface area contributed by atoms with Crippen LogP contribution in [0.25, 0.3) is 0 Å². The number of rotatable bonds is 0. The van der Waals surface area contributed by atoms with E-state index in [1.807, 2.05) is 6.92 Å². The van der Waals surface area contributed by atoms with Crippen LogP contribution < -0.4 is 5.73 Å². The lowest BCUT2D eigenvalue weighted by Gasteiger charge is -2.32. The summed E-state index contributed by atoms with van der Waals surface area (Å²) in [5.41, 5.74) is 5.54. The van der Waals surface area contributed by atoms with Gasteiger partial charge in [0.25, 0.3) is 0 Å². The topological polar surface area (TPSA) is 49.5 Å². The minimum absolute atomic E-state index is 0.131. The van der Waals surface area contributed by atoms with Gasteiger partial charge in [-0.2, -0.15) is 5.06 Å². The van der Waals surface area contributed by atoms with Crippen LogP contribution in [-0.4, -0.2) is 22.5 Å². The molecule has 3 N–H and O–H groups in total. The van der Waals surface area contributed by atoms with E-state index >= 15 is 0 Å². The third-order valence-corrected chi connectivity index (χ3v) is 1.91. The molecule has 1 aliphatic rings. The second-order valence-electron chi connectivity index (χ2n) is 2.73. The second-order valence-corrected chi connectivity index (χ2v) is 2.73. The Balaban J connectivity index is 2.41. The first-order valence-electron chi connectivity index (χ1n) is 3.44. The van der Waals surface area contributed by atoms with E-state index in [9.17, 15) is 0 Å². The van der Waals surface area contributed by atoms with Gasteiger partial charge in [0.15, 0.2) is 0 Å². The van der Waals surface area contributed by atoms with Crippen molar-refractivity contribution in [1.29, 1.82) is 0 Å². The van der Waals surface area contributed by atoms with Crippen LogP contribution in [0.15, 0.2) is 0 Å². The van der Waals surface area contributed by atoms with E-state index < -0.39 is 0 Å².